The van der Waals surface area contributed by atoms with Gasteiger partial charge in [0.2, 0.25) is 0 Å². The number of benzene rings is 2. The Bertz CT molecular complexity index is 1110. The SMILES string of the molecule is N#Cc1ccccc1NC(=O)c1csc2nc(-c3ccccc3)cn12. The summed E-state index contributed by atoms with van der Waals surface area (Å²) in [5.41, 5.74) is 3.23. The first-order valence-corrected chi connectivity index (χ1v) is 8.47. The Morgan fingerprint density at radius 3 is 2.68 bits per heavy atom. The van der Waals surface area contributed by atoms with Crippen LogP contribution in [0.3, 0.4) is 0 Å². The third kappa shape index (κ3) is 2.77. The maximum absolute atomic E-state index is 12.6. The van der Waals surface area contributed by atoms with Crippen molar-refractivity contribution in [2.75, 3.05) is 5.32 Å². The van der Waals surface area contributed by atoms with Crippen LogP contribution in [0.25, 0.3) is 16.2 Å². The van der Waals surface area contributed by atoms with Gasteiger partial charge in [0.05, 0.1) is 16.9 Å². The molecular weight excluding hydrogens is 332 g/mol. The number of imidazole rings is 1. The number of aromatic nitrogens is 2. The van der Waals surface area contributed by atoms with E-state index in [1.807, 2.05) is 36.5 Å². The number of amides is 1. The minimum absolute atomic E-state index is 0.272. The average molecular weight is 344 g/mol. The van der Waals surface area contributed by atoms with Gasteiger partial charge in [-0.05, 0) is 12.1 Å². The highest BCUT2D eigenvalue weighted by Crippen LogP contribution is 2.24. The maximum atomic E-state index is 12.6. The molecule has 4 aromatic rings. The summed E-state index contributed by atoms with van der Waals surface area (Å²) in [5.74, 6) is -0.272. The highest BCUT2D eigenvalue weighted by Gasteiger charge is 2.16. The number of nitrogens with zero attached hydrogens (tertiary/aromatic N) is 3. The van der Waals surface area contributed by atoms with Gasteiger partial charge in [-0.15, -0.1) is 11.3 Å². The Morgan fingerprint density at radius 2 is 1.88 bits per heavy atom. The van der Waals surface area contributed by atoms with Crippen molar-refractivity contribution >= 4 is 27.9 Å². The molecule has 4 rings (SSSR count). The number of carbonyl (C=O) groups excluding carboxylic acids is 1. The van der Waals surface area contributed by atoms with Crippen molar-refractivity contribution < 1.29 is 4.79 Å². The average Bonchev–Trinajstić information content (AvgIpc) is 3.23. The third-order valence-corrected chi connectivity index (χ3v) is 4.65. The molecule has 2 aromatic heterocycles. The molecule has 25 heavy (non-hydrogen) atoms. The lowest BCUT2D eigenvalue weighted by molar-refractivity contribution is 0.102. The minimum atomic E-state index is -0.272. The zero-order chi connectivity index (χ0) is 17.2. The second kappa shape index (κ2) is 6.23. The molecule has 0 saturated heterocycles. The molecule has 2 aromatic carbocycles. The molecule has 5 nitrogen and oxygen atoms in total. The maximum Gasteiger partial charge on any atom is 0.273 e. The van der Waals surface area contributed by atoms with Crippen molar-refractivity contribution in [2.24, 2.45) is 0 Å². The van der Waals surface area contributed by atoms with E-state index in [4.69, 9.17) is 5.26 Å². The van der Waals surface area contributed by atoms with Crippen LogP contribution in [0.5, 0.6) is 0 Å². The van der Waals surface area contributed by atoms with Crippen LogP contribution in [0, 0.1) is 11.3 Å². The van der Waals surface area contributed by atoms with E-state index in [0.29, 0.717) is 16.9 Å². The van der Waals surface area contributed by atoms with Crippen LogP contribution in [-0.4, -0.2) is 15.3 Å². The molecule has 0 fully saturated rings. The number of thiazole rings is 1. The lowest BCUT2D eigenvalue weighted by Gasteiger charge is -2.05. The molecule has 0 aliphatic carbocycles. The summed E-state index contributed by atoms with van der Waals surface area (Å²) in [6, 6.07) is 18.8. The first kappa shape index (κ1) is 15.1. The van der Waals surface area contributed by atoms with Crippen LogP contribution < -0.4 is 5.32 Å². The molecule has 120 valence electrons. The summed E-state index contributed by atoms with van der Waals surface area (Å²) >= 11 is 1.40. The van der Waals surface area contributed by atoms with E-state index in [1.165, 1.54) is 11.3 Å². The van der Waals surface area contributed by atoms with E-state index in [2.05, 4.69) is 16.4 Å². The molecule has 0 atom stereocenters. The van der Waals surface area contributed by atoms with Gasteiger partial charge in [-0.3, -0.25) is 9.20 Å². The van der Waals surface area contributed by atoms with Gasteiger partial charge in [0.15, 0.2) is 4.96 Å². The molecule has 2 heterocycles. The smallest absolute Gasteiger partial charge is 0.273 e. The fourth-order valence-corrected chi connectivity index (χ4v) is 3.42. The number of hydrogen-bond donors (Lipinski definition) is 1. The van der Waals surface area contributed by atoms with E-state index in [1.54, 1.807) is 34.0 Å². The summed E-state index contributed by atoms with van der Waals surface area (Å²) in [4.78, 5) is 18.0. The van der Waals surface area contributed by atoms with Crippen molar-refractivity contribution in [2.45, 2.75) is 0 Å². The van der Waals surface area contributed by atoms with Gasteiger partial charge in [0.1, 0.15) is 11.8 Å². The number of carbonyl (C=O) groups is 1. The van der Waals surface area contributed by atoms with Crippen LogP contribution >= 0.6 is 11.3 Å². The van der Waals surface area contributed by atoms with Gasteiger partial charge in [-0.2, -0.15) is 5.26 Å². The van der Waals surface area contributed by atoms with Crippen molar-refractivity contribution in [3.05, 3.63) is 77.4 Å². The van der Waals surface area contributed by atoms with Crippen LogP contribution in [0.4, 0.5) is 5.69 Å². The van der Waals surface area contributed by atoms with Crippen molar-refractivity contribution in [1.82, 2.24) is 9.38 Å². The van der Waals surface area contributed by atoms with E-state index < -0.39 is 0 Å². The van der Waals surface area contributed by atoms with Gasteiger partial charge >= 0.3 is 0 Å². The predicted octanol–water partition coefficient (Wildman–Crippen LogP) is 4.19. The van der Waals surface area contributed by atoms with Crippen LogP contribution in [-0.2, 0) is 0 Å². The lowest BCUT2D eigenvalue weighted by atomic mass is 10.2. The van der Waals surface area contributed by atoms with E-state index in [-0.39, 0.29) is 5.91 Å². The summed E-state index contributed by atoms with van der Waals surface area (Å²) in [6.07, 6.45) is 1.85. The molecule has 0 spiro atoms. The molecule has 0 saturated carbocycles. The predicted molar refractivity (Wildman–Crippen MR) is 97.6 cm³/mol. The topological polar surface area (TPSA) is 70.2 Å². The highest BCUT2D eigenvalue weighted by molar-refractivity contribution is 7.15. The fourth-order valence-electron chi connectivity index (χ4n) is 2.57. The Hall–Kier alpha value is -3.43. The van der Waals surface area contributed by atoms with Gasteiger partial charge < -0.3 is 5.32 Å². The first-order chi connectivity index (χ1) is 12.3. The number of nitriles is 1. The van der Waals surface area contributed by atoms with Crippen molar-refractivity contribution in [3.8, 4) is 17.3 Å². The molecule has 1 amide bonds. The van der Waals surface area contributed by atoms with E-state index >= 15 is 0 Å². The highest BCUT2D eigenvalue weighted by atomic mass is 32.1. The molecule has 0 unspecified atom stereocenters. The zero-order valence-corrected chi connectivity index (χ0v) is 13.8. The zero-order valence-electron chi connectivity index (χ0n) is 13.0. The number of fused-ring (bicyclic) bond motifs is 1. The van der Waals surface area contributed by atoms with E-state index in [9.17, 15) is 4.79 Å². The van der Waals surface area contributed by atoms with Gasteiger partial charge in [-0.1, -0.05) is 42.5 Å². The second-order valence-corrected chi connectivity index (χ2v) is 6.21. The largest absolute Gasteiger partial charge is 0.319 e. The summed E-state index contributed by atoms with van der Waals surface area (Å²) in [5, 5.41) is 13.7. The first-order valence-electron chi connectivity index (χ1n) is 7.59. The Kier molecular flexibility index (Phi) is 3.77. The molecule has 0 bridgehead atoms. The molecule has 6 heteroatoms. The monoisotopic (exact) mass is 344 g/mol. The number of nitrogens with one attached hydrogen (secondary N) is 1. The van der Waals surface area contributed by atoms with Crippen LogP contribution in [0.1, 0.15) is 16.1 Å². The minimum Gasteiger partial charge on any atom is -0.319 e. The van der Waals surface area contributed by atoms with Crippen LogP contribution in [0.2, 0.25) is 0 Å². The van der Waals surface area contributed by atoms with Gasteiger partial charge in [0, 0.05) is 17.1 Å². The Balaban J connectivity index is 1.69. The quantitative estimate of drug-likeness (QED) is 0.606. The van der Waals surface area contributed by atoms with Crippen LogP contribution in [0.15, 0.2) is 66.2 Å². The number of para-hydroxylation sites is 1. The summed E-state index contributed by atoms with van der Waals surface area (Å²) < 4.78 is 1.78. The van der Waals surface area contributed by atoms with Gasteiger partial charge in [-0.25, -0.2) is 4.98 Å². The molecule has 0 radical (unpaired) electrons. The third-order valence-electron chi connectivity index (χ3n) is 3.81. The lowest BCUT2D eigenvalue weighted by Crippen LogP contribution is -2.14. The number of hydrogen-bond acceptors (Lipinski definition) is 4. The Labute approximate surface area is 147 Å². The van der Waals surface area contributed by atoms with Crippen molar-refractivity contribution in [1.29, 1.82) is 5.26 Å². The summed E-state index contributed by atoms with van der Waals surface area (Å²) in [6.45, 7) is 0. The standard InChI is InChI=1S/C19H12N4OS/c20-10-14-8-4-5-9-15(14)21-18(24)17-12-25-19-22-16(11-23(17)19)13-6-2-1-3-7-13/h1-9,11-12H,(H,21,24). The molecular formula is C19H12N4OS. The Morgan fingerprint density at radius 1 is 1.12 bits per heavy atom. The normalized spacial score (nSPS) is 10.5. The summed E-state index contributed by atoms with van der Waals surface area (Å²) in [7, 11) is 0. The second-order valence-electron chi connectivity index (χ2n) is 5.38. The van der Waals surface area contributed by atoms with Gasteiger partial charge in [0.25, 0.3) is 5.91 Å². The van der Waals surface area contributed by atoms with Crippen molar-refractivity contribution in [3.63, 3.8) is 0 Å². The molecule has 0 aliphatic heterocycles. The number of rotatable bonds is 3. The fraction of sp³-hybridized carbons (Fsp3) is 0. The molecule has 1 N–H and O–H groups in total. The van der Waals surface area contributed by atoms with E-state index in [0.717, 1.165) is 16.2 Å². The number of anilines is 1. The molecule has 0 aliphatic rings.